The second-order valence-corrected chi connectivity index (χ2v) is 7.21. The highest BCUT2D eigenvalue weighted by molar-refractivity contribution is 6.12. The molecule has 1 saturated carbocycles. The molecular formula is C20H17F4N5O4. The second kappa shape index (κ2) is 8.50. The van der Waals surface area contributed by atoms with Gasteiger partial charge in [0.1, 0.15) is 18.0 Å². The van der Waals surface area contributed by atoms with Crippen LogP contribution in [0.25, 0.3) is 11.0 Å². The van der Waals surface area contributed by atoms with Crippen LogP contribution in [0.4, 0.5) is 23.2 Å². The number of amidine groups is 1. The van der Waals surface area contributed by atoms with E-state index in [1.54, 1.807) is 0 Å². The molecule has 1 fully saturated rings. The van der Waals surface area contributed by atoms with Crippen LogP contribution in [0.3, 0.4) is 0 Å². The minimum Gasteiger partial charge on any atom is -0.487 e. The van der Waals surface area contributed by atoms with E-state index in [2.05, 4.69) is 10.4 Å². The van der Waals surface area contributed by atoms with E-state index in [0.29, 0.717) is 0 Å². The Morgan fingerprint density at radius 2 is 1.88 bits per heavy atom. The molecule has 3 aromatic rings. The van der Waals surface area contributed by atoms with Gasteiger partial charge in [-0.1, -0.05) is 0 Å². The lowest BCUT2D eigenvalue weighted by atomic mass is 9.91. The van der Waals surface area contributed by atoms with E-state index < -0.39 is 42.4 Å². The molecule has 0 unspecified atom stereocenters. The van der Waals surface area contributed by atoms with Crippen LogP contribution in [0.1, 0.15) is 23.2 Å². The molecule has 13 heteroatoms. The molecule has 1 aliphatic rings. The van der Waals surface area contributed by atoms with Crippen LogP contribution in [0.2, 0.25) is 0 Å². The number of benzene rings is 2. The Morgan fingerprint density at radius 3 is 2.52 bits per heavy atom. The molecule has 0 saturated heterocycles. The first-order valence-corrected chi connectivity index (χ1v) is 9.47. The average molecular weight is 467 g/mol. The van der Waals surface area contributed by atoms with Crippen molar-refractivity contribution in [3.63, 3.8) is 0 Å². The molecule has 1 amide bonds. The predicted molar refractivity (Wildman–Crippen MR) is 109 cm³/mol. The Bertz CT molecular complexity index is 1240. The van der Waals surface area contributed by atoms with Crippen molar-refractivity contribution in [1.82, 2.24) is 5.43 Å². The minimum atomic E-state index is -2.80. The third kappa shape index (κ3) is 4.62. The maximum Gasteiger partial charge on any atom is 0.326 e. The number of nitrogens with zero attached hydrogens (tertiary/aromatic N) is 1. The Balaban J connectivity index is 1.48. The Morgan fingerprint density at radius 1 is 1.15 bits per heavy atom. The van der Waals surface area contributed by atoms with Crippen molar-refractivity contribution >= 4 is 28.6 Å². The zero-order valence-corrected chi connectivity index (χ0v) is 16.7. The first-order valence-electron chi connectivity index (χ1n) is 9.47. The highest BCUT2D eigenvalue weighted by Gasteiger charge is 2.47. The van der Waals surface area contributed by atoms with Gasteiger partial charge in [0.15, 0.2) is 23.1 Å². The number of rotatable bonds is 5. The first-order chi connectivity index (χ1) is 15.7. The van der Waals surface area contributed by atoms with Gasteiger partial charge < -0.3 is 25.1 Å². The standard InChI is InChI=1S/C20H17F4N5O4/c21-13-3-9(1-2-15(13)32-10-6-20(23,24)7-10)27-18(30)12-8-31-16-5-17(14(22)4-11(12)16)33-19(28-25)29-26/h1-5,8,10H,6-7,25-26H2,(H,27,30)(H,28,29). The Kier molecular flexibility index (Phi) is 5.72. The second-order valence-electron chi connectivity index (χ2n) is 7.21. The number of furan rings is 1. The quantitative estimate of drug-likeness (QED) is 0.149. The van der Waals surface area contributed by atoms with Crippen molar-refractivity contribution in [2.45, 2.75) is 24.9 Å². The number of hydrogen-bond donors (Lipinski definition) is 4. The largest absolute Gasteiger partial charge is 0.487 e. The number of fused-ring (bicyclic) bond motifs is 1. The molecular weight excluding hydrogens is 450 g/mol. The topological polar surface area (TPSA) is 137 Å². The fraction of sp³-hybridized carbons (Fsp3) is 0.200. The van der Waals surface area contributed by atoms with Crippen molar-refractivity contribution in [3.05, 3.63) is 53.8 Å². The number of halogens is 4. The number of carbonyl (C=O) groups is 1. The van der Waals surface area contributed by atoms with Crippen molar-refractivity contribution in [2.24, 2.45) is 16.8 Å². The molecule has 9 nitrogen and oxygen atoms in total. The fourth-order valence-electron chi connectivity index (χ4n) is 3.22. The highest BCUT2D eigenvalue weighted by atomic mass is 19.3. The molecule has 1 heterocycles. The number of anilines is 1. The summed E-state index contributed by atoms with van der Waals surface area (Å²) in [7, 11) is 0. The summed E-state index contributed by atoms with van der Waals surface area (Å²) in [6.07, 6.45) is -0.647. The maximum atomic E-state index is 14.4. The lowest BCUT2D eigenvalue weighted by Crippen LogP contribution is -2.43. The zero-order valence-electron chi connectivity index (χ0n) is 16.7. The summed E-state index contributed by atoms with van der Waals surface area (Å²) >= 11 is 0. The van der Waals surface area contributed by atoms with E-state index in [0.717, 1.165) is 18.4 Å². The van der Waals surface area contributed by atoms with Gasteiger partial charge >= 0.3 is 6.02 Å². The molecule has 4 rings (SSSR count). The number of hydrazine groups is 1. The zero-order chi connectivity index (χ0) is 23.8. The maximum absolute atomic E-state index is 14.4. The number of nitrogens with two attached hydrogens (primary N) is 2. The van der Waals surface area contributed by atoms with Crippen LogP contribution in [0.15, 0.2) is 46.1 Å². The smallest absolute Gasteiger partial charge is 0.326 e. The summed E-state index contributed by atoms with van der Waals surface area (Å²) in [5, 5.41) is 5.74. The molecule has 174 valence electrons. The van der Waals surface area contributed by atoms with Gasteiger partial charge in [-0.2, -0.15) is 0 Å². The van der Waals surface area contributed by atoms with E-state index in [1.165, 1.54) is 18.2 Å². The van der Waals surface area contributed by atoms with Gasteiger partial charge in [0.2, 0.25) is 0 Å². The number of hydrogen-bond acceptors (Lipinski definition) is 7. The van der Waals surface area contributed by atoms with Crippen molar-refractivity contribution in [1.29, 1.82) is 0 Å². The summed E-state index contributed by atoms with van der Waals surface area (Å²) in [5.41, 5.74) is 2.17. The number of hydrazone groups is 1. The molecule has 2 aromatic carbocycles. The summed E-state index contributed by atoms with van der Waals surface area (Å²) in [6.45, 7) is 0. The molecule has 6 N–H and O–H groups in total. The first kappa shape index (κ1) is 22.2. The molecule has 0 aliphatic heterocycles. The molecule has 0 bridgehead atoms. The van der Waals surface area contributed by atoms with Gasteiger partial charge in [0, 0.05) is 36.0 Å². The van der Waals surface area contributed by atoms with Crippen molar-refractivity contribution in [2.75, 3.05) is 5.32 Å². The number of ether oxygens (including phenoxy) is 2. The van der Waals surface area contributed by atoms with Gasteiger partial charge in [-0.05, 0) is 18.2 Å². The Labute approximate surface area is 183 Å². The molecule has 1 aliphatic carbocycles. The van der Waals surface area contributed by atoms with Gasteiger partial charge in [-0.15, -0.1) is 5.10 Å². The fourth-order valence-corrected chi connectivity index (χ4v) is 3.22. The van der Waals surface area contributed by atoms with Crippen LogP contribution < -0.4 is 31.9 Å². The van der Waals surface area contributed by atoms with Crippen molar-refractivity contribution < 1.29 is 36.2 Å². The predicted octanol–water partition coefficient (Wildman–Crippen LogP) is 3.21. The van der Waals surface area contributed by atoms with Crippen LogP contribution in [-0.2, 0) is 0 Å². The van der Waals surface area contributed by atoms with Crippen molar-refractivity contribution in [3.8, 4) is 11.5 Å². The van der Waals surface area contributed by atoms with Crippen LogP contribution in [0.5, 0.6) is 11.5 Å². The van der Waals surface area contributed by atoms with Gasteiger partial charge in [-0.25, -0.2) is 23.4 Å². The lowest BCUT2D eigenvalue weighted by Gasteiger charge is -2.34. The van der Waals surface area contributed by atoms with E-state index in [9.17, 15) is 22.4 Å². The van der Waals surface area contributed by atoms with Gasteiger partial charge in [-0.3, -0.25) is 10.2 Å². The van der Waals surface area contributed by atoms with E-state index >= 15 is 0 Å². The normalized spacial score (nSPS) is 15.7. The number of alkyl halides is 2. The van der Waals surface area contributed by atoms with Gasteiger partial charge in [0.05, 0.1) is 5.56 Å². The lowest BCUT2D eigenvalue weighted by molar-refractivity contribution is -0.135. The molecule has 1 aromatic heterocycles. The summed E-state index contributed by atoms with van der Waals surface area (Å²) in [5.74, 6) is 4.45. The van der Waals surface area contributed by atoms with E-state index in [1.807, 2.05) is 5.43 Å². The number of amides is 1. The number of nitrogens with one attached hydrogen (secondary N) is 2. The minimum absolute atomic E-state index is 0.0300. The third-order valence-electron chi connectivity index (χ3n) is 4.86. The molecule has 0 atom stereocenters. The summed E-state index contributed by atoms with van der Waals surface area (Å²) in [6, 6.07) is 5.35. The van der Waals surface area contributed by atoms with Crippen LogP contribution in [-0.4, -0.2) is 24.0 Å². The van der Waals surface area contributed by atoms with E-state index in [-0.39, 0.29) is 39.7 Å². The highest BCUT2D eigenvalue weighted by Crippen LogP contribution is 2.40. The monoisotopic (exact) mass is 467 g/mol. The van der Waals surface area contributed by atoms with Crippen LogP contribution in [0, 0.1) is 11.6 Å². The average Bonchev–Trinajstić information content (AvgIpc) is 3.15. The molecule has 33 heavy (non-hydrogen) atoms. The van der Waals surface area contributed by atoms with E-state index in [4.69, 9.17) is 25.6 Å². The molecule has 0 radical (unpaired) electrons. The third-order valence-corrected chi connectivity index (χ3v) is 4.86. The number of carbonyl (C=O) groups excluding carboxylic acids is 1. The van der Waals surface area contributed by atoms with Gasteiger partial charge in [0.25, 0.3) is 11.8 Å². The Hall–Kier alpha value is -4.00. The summed E-state index contributed by atoms with van der Waals surface area (Å²) < 4.78 is 70.1. The molecule has 0 spiro atoms. The summed E-state index contributed by atoms with van der Waals surface area (Å²) in [4.78, 5) is 12.6. The van der Waals surface area contributed by atoms with Crippen LogP contribution >= 0.6 is 0 Å². The SMILES string of the molecule is N/N=C(\NN)Oc1cc2occ(C(=O)Nc3ccc(OC4CC(F)(F)C4)c(F)c3)c2cc1F.